The number of rotatable bonds is 6. The standard InChI is InChI=1S/C11H20N4OS/c1-7(2)10-14-11(17-15-10)12-6-5-9(16)13-8(3)4/h7-8H,5-6H2,1-4H3,(H,13,16)(H,12,14,15). The van der Waals surface area contributed by atoms with Gasteiger partial charge in [0.05, 0.1) is 0 Å². The second kappa shape index (κ2) is 6.54. The Morgan fingerprint density at radius 1 is 1.35 bits per heavy atom. The van der Waals surface area contributed by atoms with Crippen LogP contribution in [-0.4, -0.2) is 27.9 Å². The lowest BCUT2D eigenvalue weighted by Gasteiger charge is -2.07. The fourth-order valence-corrected chi connectivity index (χ4v) is 1.95. The third kappa shape index (κ3) is 5.12. The van der Waals surface area contributed by atoms with E-state index in [1.807, 2.05) is 13.8 Å². The number of nitrogens with zero attached hydrogens (tertiary/aromatic N) is 2. The van der Waals surface area contributed by atoms with Crippen LogP contribution < -0.4 is 10.6 Å². The zero-order valence-corrected chi connectivity index (χ0v) is 11.6. The molecule has 17 heavy (non-hydrogen) atoms. The van der Waals surface area contributed by atoms with Gasteiger partial charge >= 0.3 is 0 Å². The molecule has 1 amide bonds. The number of hydrogen-bond acceptors (Lipinski definition) is 5. The fourth-order valence-electron chi connectivity index (χ4n) is 1.22. The van der Waals surface area contributed by atoms with E-state index in [2.05, 4.69) is 33.8 Å². The lowest BCUT2D eigenvalue weighted by molar-refractivity contribution is -0.121. The third-order valence-corrected chi connectivity index (χ3v) is 2.72. The monoisotopic (exact) mass is 256 g/mol. The smallest absolute Gasteiger partial charge is 0.221 e. The van der Waals surface area contributed by atoms with Crippen LogP contribution in [0.5, 0.6) is 0 Å². The molecule has 1 heterocycles. The summed E-state index contributed by atoms with van der Waals surface area (Å²) in [5.74, 6) is 1.25. The molecule has 5 nitrogen and oxygen atoms in total. The Bertz CT molecular complexity index is 362. The van der Waals surface area contributed by atoms with Gasteiger partial charge in [0, 0.05) is 36.5 Å². The van der Waals surface area contributed by atoms with Crippen molar-refractivity contribution in [3.8, 4) is 0 Å². The van der Waals surface area contributed by atoms with Gasteiger partial charge in [0.15, 0.2) is 0 Å². The minimum absolute atomic E-state index is 0.0566. The van der Waals surface area contributed by atoms with Crippen molar-refractivity contribution >= 4 is 22.6 Å². The molecule has 6 heteroatoms. The molecule has 0 atom stereocenters. The largest absolute Gasteiger partial charge is 0.360 e. The first-order valence-corrected chi connectivity index (χ1v) is 6.63. The van der Waals surface area contributed by atoms with Crippen molar-refractivity contribution in [2.45, 2.75) is 46.1 Å². The van der Waals surface area contributed by atoms with Crippen molar-refractivity contribution in [2.24, 2.45) is 0 Å². The van der Waals surface area contributed by atoms with Gasteiger partial charge in [-0.2, -0.15) is 4.37 Å². The van der Waals surface area contributed by atoms with Gasteiger partial charge in [0.1, 0.15) is 5.82 Å². The predicted octanol–water partition coefficient (Wildman–Crippen LogP) is 1.99. The van der Waals surface area contributed by atoms with E-state index in [0.29, 0.717) is 18.9 Å². The number of aromatic nitrogens is 2. The van der Waals surface area contributed by atoms with E-state index in [-0.39, 0.29) is 11.9 Å². The van der Waals surface area contributed by atoms with Crippen molar-refractivity contribution in [3.05, 3.63) is 5.82 Å². The predicted molar refractivity (Wildman–Crippen MR) is 70.4 cm³/mol. The zero-order chi connectivity index (χ0) is 12.8. The summed E-state index contributed by atoms with van der Waals surface area (Å²) in [7, 11) is 0. The quantitative estimate of drug-likeness (QED) is 0.817. The van der Waals surface area contributed by atoms with E-state index in [0.717, 1.165) is 11.0 Å². The molecule has 0 aliphatic rings. The molecule has 1 aromatic heterocycles. The van der Waals surface area contributed by atoms with Crippen molar-refractivity contribution in [2.75, 3.05) is 11.9 Å². The Labute approximate surface area is 106 Å². The number of carbonyl (C=O) groups is 1. The summed E-state index contributed by atoms with van der Waals surface area (Å²) in [6, 6.07) is 0.191. The van der Waals surface area contributed by atoms with E-state index < -0.39 is 0 Å². The number of carbonyl (C=O) groups excluding carboxylic acids is 1. The molecule has 0 spiro atoms. The first kappa shape index (κ1) is 13.9. The second-order valence-electron chi connectivity index (χ2n) is 4.51. The van der Waals surface area contributed by atoms with E-state index in [1.54, 1.807) is 0 Å². The normalized spacial score (nSPS) is 10.9. The molecule has 0 saturated carbocycles. The molecule has 0 saturated heterocycles. The van der Waals surface area contributed by atoms with Gasteiger partial charge in [0.2, 0.25) is 11.0 Å². The molecular formula is C11H20N4OS. The van der Waals surface area contributed by atoms with Gasteiger partial charge in [-0.1, -0.05) is 13.8 Å². The summed E-state index contributed by atoms with van der Waals surface area (Å²) in [6.07, 6.45) is 0.453. The molecule has 0 fully saturated rings. The minimum atomic E-state index is 0.0566. The molecule has 0 bridgehead atoms. The van der Waals surface area contributed by atoms with Crippen LogP contribution >= 0.6 is 11.5 Å². The molecule has 0 aliphatic heterocycles. The summed E-state index contributed by atoms with van der Waals surface area (Å²) in [6.45, 7) is 8.60. The van der Waals surface area contributed by atoms with Crippen molar-refractivity contribution in [3.63, 3.8) is 0 Å². The Kier molecular flexibility index (Phi) is 5.34. The van der Waals surface area contributed by atoms with Gasteiger partial charge in [-0.3, -0.25) is 4.79 Å². The van der Waals surface area contributed by atoms with Crippen molar-refractivity contribution < 1.29 is 4.79 Å². The molecule has 1 aromatic rings. The van der Waals surface area contributed by atoms with Gasteiger partial charge in [-0.25, -0.2) is 4.98 Å². The van der Waals surface area contributed by atoms with Crippen LogP contribution in [-0.2, 0) is 4.79 Å². The van der Waals surface area contributed by atoms with Crippen LogP contribution in [0, 0.1) is 0 Å². The SMILES string of the molecule is CC(C)NC(=O)CCNc1nc(C(C)C)ns1. The zero-order valence-electron chi connectivity index (χ0n) is 10.8. The first-order valence-electron chi connectivity index (χ1n) is 5.86. The molecule has 0 unspecified atom stereocenters. The highest BCUT2D eigenvalue weighted by Crippen LogP contribution is 2.16. The number of anilines is 1. The minimum Gasteiger partial charge on any atom is -0.360 e. The van der Waals surface area contributed by atoms with E-state index in [4.69, 9.17) is 0 Å². The highest BCUT2D eigenvalue weighted by Gasteiger charge is 2.08. The number of nitrogens with one attached hydrogen (secondary N) is 2. The van der Waals surface area contributed by atoms with E-state index in [9.17, 15) is 4.79 Å². The lowest BCUT2D eigenvalue weighted by Crippen LogP contribution is -2.31. The topological polar surface area (TPSA) is 66.9 Å². The Hall–Kier alpha value is -1.17. The first-order chi connectivity index (χ1) is 7.99. The average molecular weight is 256 g/mol. The van der Waals surface area contributed by atoms with Gasteiger partial charge in [-0.05, 0) is 13.8 Å². The third-order valence-electron chi connectivity index (χ3n) is 2.04. The summed E-state index contributed by atoms with van der Waals surface area (Å²) in [4.78, 5) is 15.7. The summed E-state index contributed by atoms with van der Waals surface area (Å²) < 4.78 is 4.23. The molecule has 1 rings (SSSR count). The highest BCUT2D eigenvalue weighted by atomic mass is 32.1. The fraction of sp³-hybridized carbons (Fsp3) is 0.727. The molecule has 0 radical (unpaired) electrons. The molecule has 0 aliphatic carbocycles. The highest BCUT2D eigenvalue weighted by molar-refractivity contribution is 7.09. The molecule has 96 valence electrons. The van der Waals surface area contributed by atoms with Crippen LogP contribution in [0.3, 0.4) is 0 Å². The van der Waals surface area contributed by atoms with Crippen LogP contribution in [0.25, 0.3) is 0 Å². The summed E-state index contributed by atoms with van der Waals surface area (Å²) in [5, 5.41) is 6.73. The maximum atomic E-state index is 11.4. The van der Waals surface area contributed by atoms with Crippen LogP contribution in [0.1, 0.15) is 45.9 Å². The van der Waals surface area contributed by atoms with Gasteiger partial charge < -0.3 is 10.6 Å². The van der Waals surface area contributed by atoms with Crippen LogP contribution in [0.2, 0.25) is 0 Å². The number of hydrogen-bond donors (Lipinski definition) is 2. The second-order valence-corrected chi connectivity index (χ2v) is 5.26. The van der Waals surface area contributed by atoms with Crippen molar-refractivity contribution in [1.29, 1.82) is 0 Å². The van der Waals surface area contributed by atoms with Crippen LogP contribution in [0.4, 0.5) is 5.13 Å². The Morgan fingerprint density at radius 3 is 2.59 bits per heavy atom. The van der Waals surface area contributed by atoms with Gasteiger partial charge in [0.25, 0.3) is 0 Å². The van der Waals surface area contributed by atoms with Crippen molar-refractivity contribution in [1.82, 2.24) is 14.7 Å². The van der Waals surface area contributed by atoms with Crippen LogP contribution in [0.15, 0.2) is 0 Å². The average Bonchev–Trinajstić information content (AvgIpc) is 2.65. The number of amides is 1. The van der Waals surface area contributed by atoms with E-state index in [1.165, 1.54) is 11.5 Å². The summed E-state index contributed by atoms with van der Waals surface area (Å²) >= 11 is 1.34. The maximum Gasteiger partial charge on any atom is 0.221 e. The Balaban J connectivity index is 2.28. The molecular weight excluding hydrogens is 236 g/mol. The Morgan fingerprint density at radius 2 is 2.06 bits per heavy atom. The van der Waals surface area contributed by atoms with Gasteiger partial charge in [-0.15, -0.1) is 0 Å². The maximum absolute atomic E-state index is 11.4. The molecule has 2 N–H and O–H groups in total. The van der Waals surface area contributed by atoms with E-state index >= 15 is 0 Å². The summed E-state index contributed by atoms with van der Waals surface area (Å²) in [5.41, 5.74) is 0. The molecule has 0 aromatic carbocycles. The lowest BCUT2D eigenvalue weighted by atomic mass is 10.2.